The quantitative estimate of drug-likeness (QED) is 0.759. The van der Waals surface area contributed by atoms with Gasteiger partial charge in [-0.15, -0.1) is 0 Å². The number of piperidine rings is 1. The Bertz CT molecular complexity index is 961. The van der Waals surface area contributed by atoms with Crippen molar-refractivity contribution in [3.63, 3.8) is 0 Å². The van der Waals surface area contributed by atoms with Crippen LogP contribution in [0.4, 0.5) is 10.1 Å². The maximum Gasteiger partial charge on any atom is 0.227 e. The minimum atomic E-state index is -0.440. The maximum atomic E-state index is 15.8. The highest BCUT2D eigenvalue weighted by Gasteiger charge is 2.39. The van der Waals surface area contributed by atoms with Crippen LogP contribution < -0.4 is 20.3 Å². The largest absolute Gasteiger partial charge is 0.496 e. The third kappa shape index (κ3) is 4.06. The summed E-state index contributed by atoms with van der Waals surface area (Å²) >= 11 is 0. The van der Waals surface area contributed by atoms with Gasteiger partial charge in [-0.25, -0.2) is 4.39 Å². The molecule has 1 fully saturated rings. The van der Waals surface area contributed by atoms with Gasteiger partial charge >= 0.3 is 0 Å². The van der Waals surface area contributed by atoms with E-state index in [4.69, 9.17) is 4.74 Å². The molecule has 0 aromatic heterocycles. The van der Waals surface area contributed by atoms with Crippen LogP contribution in [0.3, 0.4) is 0 Å². The van der Waals surface area contributed by atoms with Gasteiger partial charge in [-0.2, -0.15) is 0 Å². The predicted octanol–water partition coefficient (Wildman–Crippen LogP) is 4.06. The SMILES string of the molecule is COc1cc2c(c(F)c1CNC1CCCNC1c1ccccc1)N(C)C(=O)CC2(C)C. The monoisotopic (exact) mass is 425 g/mol. The molecule has 5 nitrogen and oxygen atoms in total. The molecule has 166 valence electrons. The number of ether oxygens (including phenoxy) is 1. The van der Waals surface area contributed by atoms with Gasteiger partial charge in [0.15, 0.2) is 5.82 Å². The van der Waals surface area contributed by atoms with Crippen LogP contribution in [-0.2, 0) is 16.8 Å². The Labute approximate surface area is 184 Å². The van der Waals surface area contributed by atoms with Crippen LogP contribution in [0.2, 0.25) is 0 Å². The molecule has 2 aliphatic heterocycles. The summed E-state index contributed by atoms with van der Waals surface area (Å²) in [5.74, 6) is 0.0891. The Morgan fingerprint density at radius 1 is 1.29 bits per heavy atom. The lowest BCUT2D eigenvalue weighted by Crippen LogP contribution is -2.46. The summed E-state index contributed by atoms with van der Waals surface area (Å²) in [5, 5.41) is 7.17. The number of carbonyl (C=O) groups is 1. The Morgan fingerprint density at radius 3 is 2.74 bits per heavy atom. The first-order valence-electron chi connectivity index (χ1n) is 11.0. The van der Waals surface area contributed by atoms with E-state index in [0.29, 0.717) is 30.0 Å². The van der Waals surface area contributed by atoms with E-state index in [9.17, 15) is 4.79 Å². The minimum absolute atomic E-state index is 0.0684. The standard InChI is InChI=1S/C25H32FN3O2/c1-25(2)14-21(30)29(3)24-18(25)13-20(31-4)17(22(24)26)15-28-19-11-8-12-27-23(19)16-9-6-5-7-10-16/h5-7,9-10,13,19,23,27-28H,8,11-12,14-15H2,1-4H3. The van der Waals surface area contributed by atoms with E-state index in [1.54, 1.807) is 14.2 Å². The number of anilines is 1. The lowest BCUT2D eigenvalue weighted by Gasteiger charge is -2.38. The number of rotatable bonds is 5. The molecule has 4 rings (SSSR count). The second-order valence-corrected chi connectivity index (χ2v) is 9.25. The molecular formula is C25H32FN3O2. The fourth-order valence-electron chi connectivity index (χ4n) is 4.92. The highest BCUT2D eigenvalue weighted by Crippen LogP contribution is 2.45. The highest BCUT2D eigenvalue weighted by molar-refractivity contribution is 5.97. The van der Waals surface area contributed by atoms with Crippen LogP contribution in [-0.4, -0.2) is 32.7 Å². The molecule has 0 radical (unpaired) electrons. The number of methoxy groups -OCH3 is 1. The summed E-state index contributed by atoms with van der Waals surface area (Å²) in [4.78, 5) is 14.0. The molecule has 6 heteroatoms. The summed E-state index contributed by atoms with van der Waals surface area (Å²) in [7, 11) is 3.23. The average molecular weight is 426 g/mol. The zero-order chi connectivity index (χ0) is 22.2. The van der Waals surface area contributed by atoms with Crippen LogP contribution in [0, 0.1) is 5.82 Å². The highest BCUT2D eigenvalue weighted by atomic mass is 19.1. The summed E-state index contributed by atoms with van der Waals surface area (Å²) in [6.07, 6.45) is 2.42. The van der Waals surface area contributed by atoms with Gasteiger partial charge in [0, 0.05) is 43.1 Å². The van der Waals surface area contributed by atoms with Crippen LogP contribution in [0.25, 0.3) is 0 Å². The second-order valence-electron chi connectivity index (χ2n) is 9.25. The number of fused-ring (bicyclic) bond motifs is 1. The molecule has 0 spiro atoms. The van der Waals surface area contributed by atoms with Gasteiger partial charge in [-0.1, -0.05) is 44.2 Å². The van der Waals surface area contributed by atoms with E-state index in [2.05, 4.69) is 22.8 Å². The number of benzene rings is 2. The van der Waals surface area contributed by atoms with E-state index in [1.165, 1.54) is 10.5 Å². The number of hydrogen-bond acceptors (Lipinski definition) is 4. The van der Waals surface area contributed by atoms with Crippen LogP contribution in [0.15, 0.2) is 36.4 Å². The van der Waals surface area contributed by atoms with Crippen LogP contribution >= 0.6 is 0 Å². The van der Waals surface area contributed by atoms with E-state index < -0.39 is 5.41 Å². The smallest absolute Gasteiger partial charge is 0.227 e. The van der Waals surface area contributed by atoms with E-state index >= 15 is 4.39 Å². The van der Waals surface area contributed by atoms with Crippen molar-refractivity contribution in [1.29, 1.82) is 0 Å². The second kappa shape index (κ2) is 8.60. The molecule has 0 aliphatic carbocycles. The van der Waals surface area contributed by atoms with Crippen molar-refractivity contribution in [2.75, 3.05) is 25.6 Å². The van der Waals surface area contributed by atoms with Crippen molar-refractivity contribution in [3.8, 4) is 5.75 Å². The summed E-state index contributed by atoms with van der Waals surface area (Å²) in [5.41, 5.74) is 2.44. The molecule has 1 saturated heterocycles. The van der Waals surface area contributed by atoms with Gasteiger partial charge in [0.1, 0.15) is 5.75 Å². The van der Waals surface area contributed by atoms with Gasteiger partial charge < -0.3 is 20.3 Å². The van der Waals surface area contributed by atoms with Crippen molar-refractivity contribution in [2.45, 2.75) is 57.2 Å². The first-order chi connectivity index (χ1) is 14.8. The van der Waals surface area contributed by atoms with Crippen molar-refractivity contribution in [2.24, 2.45) is 0 Å². The van der Waals surface area contributed by atoms with Gasteiger partial charge in [0.2, 0.25) is 5.91 Å². The number of carbonyl (C=O) groups excluding carboxylic acids is 1. The molecule has 31 heavy (non-hydrogen) atoms. The van der Waals surface area contributed by atoms with Gasteiger partial charge in [-0.05, 0) is 36.6 Å². The first-order valence-corrected chi connectivity index (χ1v) is 11.0. The maximum absolute atomic E-state index is 15.8. The summed E-state index contributed by atoms with van der Waals surface area (Å²) in [6.45, 7) is 5.26. The Hall–Kier alpha value is -2.44. The molecule has 2 atom stereocenters. The fraction of sp³-hybridized carbons (Fsp3) is 0.480. The molecule has 2 heterocycles. The molecule has 0 saturated carbocycles. The third-order valence-corrected chi connectivity index (χ3v) is 6.71. The number of nitrogens with zero attached hydrogens (tertiary/aromatic N) is 1. The molecule has 2 N–H and O–H groups in total. The van der Waals surface area contributed by atoms with E-state index in [0.717, 1.165) is 24.9 Å². The van der Waals surface area contributed by atoms with Crippen LogP contribution in [0.1, 0.15) is 55.8 Å². The topological polar surface area (TPSA) is 53.6 Å². The molecule has 2 aromatic carbocycles. The zero-order valence-electron chi connectivity index (χ0n) is 18.8. The third-order valence-electron chi connectivity index (χ3n) is 6.71. The molecule has 2 aliphatic rings. The van der Waals surface area contributed by atoms with Gasteiger partial charge in [-0.3, -0.25) is 4.79 Å². The Morgan fingerprint density at radius 2 is 2.03 bits per heavy atom. The van der Waals surface area contributed by atoms with E-state index in [1.807, 2.05) is 38.1 Å². The molecular weight excluding hydrogens is 393 g/mol. The average Bonchev–Trinajstić information content (AvgIpc) is 2.77. The number of amides is 1. The fourth-order valence-corrected chi connectivity index (χ4v) is 4.92. The molecule has 2 unspecified atom stereocenters. The normalized spacial score (nSPS) is 22.9. The minimum Gasteiger partial charge on any atom is -0.496 e. The van der Waals surface area contributed by atoms with Gasteiger partial charge in [0.05, 0.1) is 12.8 Å². The number of hydrogen-bond donors (Lipinski definition) is 2. The lowest BCUT2D eigenvalue weighted by molar-refractivity contribution is -0.119. The zero-order valence-corrected chi connectivity index (χ0v) is 18.8. The molecule has 2 aromatic rings. The van der Waals surface area contributed by atoms with Crippen molar-refractivity contribution in [1.82, 2.24) is 10.6 Å². The summed E-state index contributed by atoms with van der Waals surface area (Å²) < 4.78 is 21.4. The predicted molar refractivity (Wildman–Crippen MR) is 121 cm³/mol. The van der Waals surface area contributed by atoms with Crippen LogP contribution in [0.5, 0.6) is 5.75 Å². The molecule has 0 bridgehead atoms. The molecule has 1 amide bonds. The number of halogens is 1. The van der Waals surface area contributed by atoms with Gasteiger partial charge in [0.25, 0.3) is 0 Å². The Balaban J connectivity index is 1.65. The summed E-state index contributed by atoms with van der Waals surface area (Å²) in [6, 6.07) is 12.6. The Kier molecular flexibility index (Phi) is 6.04. The van der Waals surface area contributed by atoms with E-state index in [-0.39, 0.29) is 23.8 Å². The van der Waals surface area contributed by atoms with Crippen molar-refractivity contribution >= 4 is 11.6 Å². The van der Waals surface area contributed by atoms with Crippen molar-refractivity contribution < 1.29 is 13.9 Å². The first kappa shape index (κ1) is 21.8. The number of nitrogens with one attached hydrogen (secondary N) is 2. The van der Waals surface area contributed by atoms with Crippen molar-refractivity contribution in [3.05, 3.63) is 58.9 Å². The lowest BCUT2D eigenvalue weighted by atomic mass is 9.76.